The molecular weight excluding hydrogens is 550 g/mol. The Morgan fingerprint density at radius 3 is 2.78 bits per heavy atom. The summed E-state index contributed by atoms with van der Waals surface area (Å²) in [5, 5.41) is 16.8. The van der Waals surface area contributed by atoms with E-state index in [1.54, 1.807) is 11.2 Å². The van der Waals surface area contributed by atoms with Crippen LogP contribution in [-0.4, -0.2) is 60.0 Å². The first-order chi connectivity index (χ1) is 19.8. The van der Waals surface area contributed by atoms with Crippen molar-refractivity contribution in [2.24, 2.45) is 7.05 Å². The number of aromatic nitrogens is 5. The molecule has 41 heavy (non-hydrogen) atoms. The van der Waals surface area contributed by atoms with Crippen LogP contribution >= 0.6 is 11.3 Å². The van der Waals surface area contributed by atoms with Gasteiger partial charge in [0.25, 0.3) is 0 Å². The molecule has 6 rings (SSSR count). The third kappa shape index (κ3) is 4.58. The lowest BCUT2D eigenvalue weighted by Crippen LogP contribution is -2.40. The Labute approximate surface area is 238 Å². The van der Waals surface area contributed by atoms with Gasteiger partial charge in [-0.25, -0.2) is 18.7 Å². The van der Waals surface area contributed by atoms with Crippen molar-refractivity contribution in [2.75, 3.05) is 19.8 Å². The van der Waals surface area contributed by atoms with Crippen LogP contribution < -0.4 is 4.74 Å². The van der Waals surface area contributed by atoms with E-state index in [2.05, 4.69) is 11.6 Å². The summed E-state index contributed by atoms with van der Waals surface area (Å²) < 4.78 is 40.1. The molecule has 0 unspecified atom stereocenters. The molecular formula is C29H26F2N6O3S. The molecule has 210 valence electrons. The number of carbonyl (C=O) groups excluding carboxylic acids is 1. The highest BCUT2D eigenvalue weighted by Crippen LogP contribution is 2.47. The molecule has 1 aromatic carbocycles. The van der Waals surface area contributed by atoms with Gasteiger partial charge in [-0.15, -0.1) is 11.3 Å². The number of pyridine rings is 1. The molecule has 5 heterocycles. The molecule has 0 radical (unpaired) electrons. The van der Waals surface area contributed by atoms with Gasteiger partial charge in [0.2, 0.25) is 5.91 Å². The number of amides is 1. The number of thiophene rings is 1. The summed E-state index contributed by atoms with van der Waals surface area (Å²) in [5.74, 6) is -1.87. The molecule has 4 aromatic heterocycles. The van der Waals surface area contributed by atoms with Gasteiger partial charge in [-0.2, -0.15) is 5.10 Å². The number of aliphatic hydroxyl groups is 1. The van der Waals surface area contributed by atoms with Gasteiger partial charge >= 0.3 is 0 Å². The highest BCUT2D eigenvalue weighted by molar-refractivity contribution is 7.18. The fourth-order valence-corrected chi connectivity index (χ4v) is 6.22. The van der Waals surface area contributed by atoms with Crippen LogP contribution in [-0.2, 0) is 18.4 Å². The van der Waals surface area contributed by atoms with E-state index in [1.807, 2.05) is 46.9 Å². The number of imidazole rings is 1. The normalized spacial score (nSPS) is 14.9. The lowest BCUT2D eigenvalue weighted by Gasteiger charge is -2.33. The van der Waals surface area contributed by atoms with Crippen LogP contribution in [0.1, 0.15) is 18.7 Å². The van der Waals surface area contributed by atoms with E-state index in [9.17, 15) is 14.3 Å². The van der Waals surface area contributed by atoms with Crippen molar-refractivity contribution in [1.29, 1.82) is 0 Å². The van der Waals surface area contributed by atoms with Gasteiger partial charge in [0.15, 0.2) is 0 Å². The highest BCUT2D eigenvalue weighted by atomic mass is 32.1. The zero-order valence-corrected chi connectivity index (χ0v) is 23.2. The Kier molecular flexibility index (Phi) is 6.88. The number of halogens is 2. The molecule has 0 saturated carbocycles. The van der Waals surface area contributed by atoms with Crippen LogP contribution in [0.2, 0.25) is 0 Å². The third-order valence-electron chi connectivity index (χ3n) is 7.13. The smallest absolute Gasteiger partial charge is 0.246 e. The van der Waals surface area contributed by atoms with Crippen molar-refractivity contribution in [3.63, 3.8) is 0 Å². The molecule has 0 spiro atoms. The number of carbonyl (C=O) groups is 1. The van der Waals surface area contributed by atoms with Crippen LogP contribution in [0.15, 0.2) is 54.8 Å². The molecule has 1 N–H and O–H groups in total. The third-order valence-corrected chi connectivity index (χ3v) is 8.06. The van der Waals surface area contributed by atoms with E-state index in [0.29, 0.717) is 46.1 Å². The predicted octanol–water partition coefficient (Wildman–Crippen LogP) is 4.97. The van der Waals surface area contributed by atoms with Gasteiger partial charge in [0.1, 0.15) is 41.1 Å². The van der Waals surface area contributed by atoms with Crippen LogP contribution in [0.4, 0.5) is 8.78 Å². The summed E-state index contributed by atoms with van der Waals surface area (Å²) in [4.78, 5) is 23.7. The van der Waals surface area contributed by atoms with Crippen molar-refractivity contribution in [3.8, 4) is 39.7 Å². The van der Waals surface area contributed by atoms with E-state index < -0.39 is 11.6 Å². The number of ether oxygens (including phenoxy) is 1. The SMILES string of the molecule is C=CC(=O)N1CCn2nc(-c3nc(-c4cn(C)cn4)c4ccsc4c3-c3c(F)cc(F)cc3OCCO)cc2[C@@H]1C. The summed E-state index contributed by atoms with van der Waals surface area (Å²) in [6.45, 7) is 5.95. The maximum Gasteiger partial charge on any atom is 0.246 e. The van der Waals surface area contributed by atoms with Crippen LogP contribution in [0.5, 0.6) is 5.75 Å². The average Bonchev–Trinajstić information content (AvgIpc) is 3.71. The Bertz CT molecular complexity index is 1810. The highest BCUT2D eigenvalue weighted by Gasteiger charge is 2.31. The van der Waals surface area contributed by atoms with Crippen molar-refractivity contribution < 1.29 is 23.4 Å². The molecule has 12 heteroatoms. The van der Waals surface area contributed by atoms with Gasteiger partial charge < -0.3 is 19.3 Å². The first kappa shape index (κ1) is 26.8. The van der Waals surface area contributed by atoms with Gasteiger partial charge in [-0.05, 0) is 30.5 Å². The van der Waals surface area contributed by atoms with Crippen LogP contribution in [0.3, 0.4) is 0 Å². The molecule has 1 aliphatic heterocycles. The number of aliphatic hydroxyl groups excluding tert-OH is 1. The number of rotatable bonds is 7. The molecule has 1 atom stereocenters. The van der Waals surface area contributed by atoms with E-state index in [1.165, 1.54) is 17.4 Å². The molecule has 0 bridgehead atoms. The lowest BCUT2D eigenvalue weighted by atomic mass is 9.97. The summed E-state index contributed by atoms with van der Waals surface area (Å²) in [6, 6.07) is 5.35. The number of hydrogen-bond donors (Lipinski definition) is 1. The Morgan fingerprint density at radius 1 is 1.22 bits per heavy atom. The molecule has 0 aliphatic carbocycles. The summed E-state index contributed by atoms with van der Waals surface area (Å²) in [7, 11) is 1.86. The fourth-order valence-electron chi connectivity index (χ4n) is 5.27. The second-order valence-electron chi connectivity index (χ2n) is 9.69. The van der Waals surface area contributed by atoms with Crippen LogP contribution in [0, 0.1) is 11.6 Å². The standard InChI is InChI=1S/C29H26F2N6O3S/c1-4-24(39)36-6-7-37-22(16(36)2)13-20(34-37)28-26(25-19(31)11-17(30)12-23(25)40-9-8-38)29-18(5-10-41-29)27(33-28)21-14-35(3)15-32-21/h4-5,10-16,38H,1,6-9H2,2-3H3/t16-/m0/s1. The van der Waals surface area contributed by atoms with Crippen molar-refractivity contribution in [3.05, 3.63) is 72.2 Å². The summed E-state index contributed by atoms with van der Waals surface area (Å²) in [6.07, 6.45) is 4.81. The fraction of sp³-hybridized carbons (Fsp3) is 0.241. The summed E-state index contributed by atoms with van der Waals surface area (Å²) >= 11 is 1.38. The Hall–Kier alpha value is -4.42. The van der Waals surface area contributed by atoms with Gasteiger partial charge in [-0.1, -0.05) is 6.58 Å². The first-order valence-corrected chi connectivity index (χ1v) is 13.8. The molecule has 1 aliphatic rings. The number of benzene rings is 1. The average molecular weight is 577 g/mol. The number of fused-ring (bicyclic) bond motifs is 2. The minimum Gasteiger partial charge on any atom is -0.490 e. The Balaban J connectivity index is 1.64. The quantitative estimate of drug-likeness (QED) is 0.275. The Morgan fingerprint density at radius 2 is 2.05 bits per heavy atom. The second-order valence-corrected chi connectivity index (χ2v) is 10.6. The minimum absolute atomic E-state index is 0.0184. The van der Waals surface area contributed by atoms with E-state index >= 15 is 4.39 Å². The van der Waals surface area contributed by atoms with Crippen molar-refractivity contribution >= 4 is 27.3 Å². The number of nitrogens with zero attached hydrogens (tertiary/aromatic N) is 6. The molecule has 1 amide bonds. The molecule has 0 saturated heterocycles. The van der Waals surface area contributed by atoms with Crippen molar-refractivity contribution in [2.45, 2.75) is 19.5 Å². The van der Waals surface area contributed by atoms with Crippen LogP contribution in [0.25, 0.3) is 44.0 Å². The van der Waals surface area contributed by atoms with Gasteiger partial charge in [0.05, 0.1) is 42.5 Å². The molecule has 9 nitrogen and oxygen atoms in total. The monoisotopic (exact) mass is 576 g/mol. The maximum absolute atomic E-state index is 15.7. The minimum atomic E-state index is -0.832. The van der Waals surface area contributed by atoms with E-state index in [-0.39, 0.29) is 36.5 Å². The molecule has 0 fully saturated rings. The largest absolute Gasteiger partial charge is 0.490 e. The van der Waals surface area contributed by atoms with Gasteiger partial charge in [-0.3, -0.25) is 9.48 Å². The predicted molar refractivity (Wildman–Crippen MR) is 151 cm³/mol. The zero-order chi connectivity index (χ0) is 28.8. The second kappa shape index (κ2) is 10.5. The molecule has 5 aromatic rings. The zero-order valence-electron chi connectivity index (χ0n) is 22.3. The number of hydrogen-bond acceptors (Lipinski definition) is 7. The topological polar surface area (TPSA) is 98.3 Å². The van der Waals surface area contributed by atoms with Gasteiger partial charge in [0, 0.05) is 47.6 Å². The van der Waals surface area contributed by atoms with E-state index in [0.717, 1.165) is 23.2 Å². The number of aryl methyl sites for hydroxylation is 1. The maximum atomic E-state index is 15.7. The lowest BCUT2D eigenvalue weighted by molar-refractivity contribution is -0.129. The first-order valence-electron chi connectivity index (χ1n) is 12.9. The summed E-state index contributed by atoms with van der Waals surface area (Å²) in [5.41, 5.74) is 3.22. The van der Waals surface area contributed by atoms with Crippen molar-refractivity contribution in [1.82, 2.24) is 29.2 Å². The van der Waals surface area contributed by atoms with E-state index in [4.69, 9.17) is 14.8 Å².